The molecule has 90 valence electrons. The van der Waals surface area contributed by atoms with Crippen molar-refractivity contribution in [2.75, 3.05) is 33.3 Å². The van der Waals surface area contributed by atoms with Gasteiger partial charge in [0.2, 0.25) is 5.91 Å². The highest BCUT2D eigenvalue weighted by atomic mass is 16.5. The number of piperidine rings is 1. The highest BCUT2D eigenvalue weighted by molar-refractivity contribution is 5.78. The van der Waals surface area contributed by atoms with Crippen LogP contribution in [0.15, 0.2) is 0 Å². The fourth-order valence-electron chi connectivity index (χ4n) is 2.02. The predicted octanol–water partition coefficient (Wildman–Crippen LogP) is 0.237. The van der Waals surface area contributed by atoms with E-state index in [0.29, 0.717) is 13.1 Å². The van der Waals surface area contributed by atoms with E-state index in [9.17, 15) is 4.79 Å². The van der Waals surface area contributed by atoms with Crippen molar-refractivity contribution in [2.45, 2.75) is 25.4 Å². The zero-order valence-electron chi connectivity index (χ0n) is 10.1. The maximum atomic E-state index is 11.5. The fraction of sp³-hybridized carbons (Fsp3) is 0.750. The molecular formula is C12H20N2O2. The van der Waals surface area contributed by atoms with Crippen molar-refractivity contribution in [3.05, 3.63) is 0 Å². The van der Waals surface area contributed by atoms with E-state index >= 15 is 0 Å². The standard InChI is InChI=1S/C12H20N2O2/c1-4-7-13-11(15)9-14-8-5-6-12(2,10-14)16-3/h1H,5-10H2,2-3H3,(H,13,15). The molecule has 0 aromatic carbocycles. The van der Waals surface area contributed by atoms with Crippen LogP contribution in [0, 0.1) is 12.3 Å². The maximum absolute atomic E-state index is 11.5. The molecule has 4 heteroatoms. The first kappa shape index (κ1) is 13.0. The van der Waals surface area contributed by atoms with Gasteiger partial charge in [0.15, 0.2) is 0 Å². The first-order chi connectivity index (χ1) is 7.59. The number of ether oxygens (including phenoxy) is 1. The molecule has 4 nitrogen and oxygen atoms in total. The lowest BCUT2D eigenvalue weighted by molar-refractivity contribution is -0.124. The molecule has 16 heavy (non-hydrogen) atoms. The van der Waals surface area contributed by atoms with Gasteiger partial charge in [-0.1, -0.05) is 5.92 Å². The number of nitrogens with zero attached hydrogens (tertiary/aromatic N) is 1. The molecule has 0 saturated carbocycles. The van der Waals surface area contributed by atoms with Gasteiger partial charge in [-0.2, -0.15) is 0 Å². The Morgan fingerprint density at radius 1 is 1.69 bits per heavy atom. The first-order valence-corrected chi connectivity index (χ1v) is 5.57. The minimum atomic E-state index is -0.120. The van der Waals surface area contributed by atoms with Gasteiger partial charge in [-0.3, -0.25) is 9.69 Å². The third kappa shape index (κ3) is 3.84. The SMILES string of the molecule is C#CCNC(=O)CN1CCCC(C)(OC)C1. The van der Waals surface area contributed by atoms with E-state index in [1.54, 1.807) is 7.11 Å². The molecule has 0 spiro atoms. The molecular weight excluding hydrogens is 204 g/mol. The number of rotatable bonds is 4. The lowest BCUT2D eigenvalue weighted by Crippen LogP contribution is -2.50. The molecule has 1 aliphatic heterocycles. The molecule has 1 unspecified atom stereocenters. The Kier molecular flexibility index (Phi) is 4.78. The van der Waals surface area contributed by atoms with Gasteiger partial charge in [-0.25, -0.2) is 0 Å². The summed E-state index contributed by atoms with van der Waals surface area (Å²) in [5.74, 6) is 2.37. The van der Waals surface area contributed by atoms with Crippen LogP contribution < -0.4 is 5.32 Å². The zero-order valence-corrected chi connectivity index (χ0v) is 10.1. The largest absolute Gasteiger partial charge is 0.377 e. The van der Waals surface area contributed by atoms with E-state index in [0.717, 1.165) is 25.9 Å². The number of methoxy groups -OCH3 is 1. The second kappa shape index (κ2) is 5.88. The molecule has 1 amide bonds. The Morgan fingerprint density at radius 3 is 3.06 bits per heavy atom. The minimum Gasteiger partial charge on any atom is -0.377 e. The van der Waals surface area contributed by atoms with Crippen molar-refractivity contribution >= 4 is 5.91 Å². The normalized spacial score (nSPS) is 26.1. The van der Waals surface area contributed by atoms with Gasteiger partial charge in [0.25, 0.3) is 0 Å². The van der Waals surface area contributed by atoms with Gasteiger partial charge < -0.3 is 10.1 Å². The zero-order chi connectivity index (χ0) is 12.0. The summed E-state index contributed by atoms with van der Waals surface area (Å²) in [6.45, 7) is 4.53. The topological polar surface area (TPSA) is 41.6 Å². The molecule has 1 atom stereocenters. The number of terminal acetylenes is 1. The Hall–Kier alpha value is -1.05. The number of nitrogens with one attached hydrogen (secondary N) is 1. The molecule has 1 aliphatic rings. The Labute approximate surface area is 97.3 Å². The molecule has 0 aliphatic carbocycles. The van der Waals surface area contributed by atoms with Crippen LogP contribution in [0.1, 0.15) is 19.8 Å². The summed E-state index contributed by atoms with van der Waals surface area (Å²) >= 11 is 0. The van der Waals surface area contributed by atoms with Crippen LogP contribution in [0.2, 0.25) is 0 Å². The van der Waals surface area contributed by atoms with Crippen molar-refractivity contribution in [1.82, 2.24) is 10.2 Å². The predicted molar refractivity (Wildman–Crippen MR) is 62.9 cm³/mol. The van der Waals surface area contributed by atoms with E-state index in [1.165, 1.54) is 0 Å². The number of carbonyl (C=O) groups excluding carboxylic acids is 1. The second-order valence-electron chi connectivity index (χ2n) is 4.45. The van der Waals surface area contributed by atoms with Crippen LogP contribution in [0.4, 0.5) is 0 Å². The molecule has 0 bridgehead atoms. The third-order valence-electron chi connectivity index (χ3n) is 2.99. The summed E-state index contributed by atoms with van der Waals surface area (Å²) in [6, 6.07) is 0. The highest BCUT2D eigenvalue weighted by Crippen LogP contribution is 2.23. The maximum Gasteiger partial charge on any atom is 0.234 e. The molecule has 0 radical (unpaired) electrons. The number of hydrogen-bond acceptors (Lipinski definition) is 3. The van der Waals surface area contributed by atoms with Gasteiger partial charge in [0, 0.05) is 13.7 Å². The van der Waals surface area contributed by atoms with Crippen molar-refractivity contribution in [1.29, 1.82) is 0 Å². The number of likely N-dealkylation sites (tertiary alicyclic amines) is 1. The summed E-state index contributed by atoms with van der Waals surface area (Å²) in [5, 5.41) is 2.67. The summed E-state index contributed by atoms with van der Waals surface area (Å²) in [6.07, 6.45) is 7.19. The van der Waals surface area contributed by atoms with Crippen LogP contribution in [0.25, 0.3) is 0 Å². The molecule has 1 heterocycles. The molecule has 0 aromatic rings. The average molecular weight is 224 g/mol. The Morgan fingerprint density at radius 2 is 2.44 bits per heavy atom. The van der Waals surface area contributed by atoms with Gasteiger partial charge >= 0.3 is 0 Å². The summed E-state index contributed by atoms with van der Waals surface area (Å²) in [7, 11) is 1.72. The number of amides is 1. The van der Waals surface area contributed by atoms with Crippen LogP contribution in [-0.2, 0) is 9.53 Å². The van der Waals surface area contributed by atoms with Gasteiger partial charge in [0.1, 0.15) is 0 Å². The lowest BCUT2D eigenvalue weighted by atomic mass is 9.95. The van der Waals surface area contributed by atoms with E-state index in [-0.39, 0.29) is 11.5 Å². The fourth-order valence-corrected chi connectivity index (χ4v) is 2.02. The van der Waals surface area contributed by atoms with Crippen molar-refractivity contribution in [3.63, 3.8) is 0 Å². The minimum absolute atomic E-state index is 0.0155. The van der Waals surface area contributed by atoms with Crippen LogP contribution in [0.5, 0.6) is 0 Å². The van der Waals surface area contributed by atoms with E-state index in [2.05, 4.69) is 23.1 Å². The van der Waals surface area contributed by atoms with Crippen LogP contribution >= 0.6 is 0 Å². The van der Waals surface area contributed by atoms with Crippen molar-refractivity contribution < 1.29 is 9.53 Å². The molecule has 0 aromatic heterocycles. The van der Waals surface area contributed by atoms with E-state index < -0.39 is 0 Å². The Balaban J connectivity index is 2.37. The van der Waals surface area contributed by atoms with Crippen LogP contribution in [-0.4, -0.2) is 49.7 Å². The highest BCUT2D eigenvalue weighted by Gasteiger charge is 2.31. The number of carbonyl (C=O) groups is 1. The number of hydrogen-bond donors (Lipinski definition) is 1. The monoisotopic (exact) mass is 224 g/mol. The van der Waals surface area contributed by atoms with Crippen molar-refractivity contribution in [2.24, 2.45) is 0 Å². The van der Waals surface area contributed by atoms with Gasteiger partial charge in [-0.15, -0.1) is 6.42 Å². The summed E-state index contributed by atoms with van der Waals surface area (Å²) in [5.41, 5.74) is -0.120. The molecule has 1 fully saturated rings. The lowest BCUT2D eigenvalue weighted by Gasteiger charge is -2.39. The van der Waals surface area contributed by atoms with E-state index in [1.807, 2.05) is 0 Å². The summed E-state index contributed by atoms with van der Waals surface area (Å²) < 4.78 is 5.47. The van der Waals surface area contributed by atoms with Gasteiger partial charge in [-0.05, 0) is 26.3 Å². The van der Waals surface area contributed by atoms with Crippen molar-refractivity contribution in [3.8, 4) is 12.3 Å². The quantitative estimate of drug-likeness (QED) is 0.695. The first-order valence-electron chi connectivity index (χ1n) is 5.57. The second-order valence-corrected chi connectivity index (χ2v) is 4.45. The average Bonchev–Trinajstić information content (AvgIpc) is 2.26. The smallest absolute Gasteiger partial charge is 0.234 e. The van der Waals surface area contributed by atoms with Crippen LogP contribution in [0.3, 0.4) is 0 Å². The van der Waals surface area contributed by atoms with Gasteiger partial charge in [0.05, 0.1) is 18.7 Å². The molecule has 1 rings (SSSR count). The van der Waals surface area contributed by atoms with E-state index in [4.69, 9.17) is 11.2 Å². The summed E-state index contributed by atoms with van der Waals surface area (Å²) in [4.78, 5) is 13.6. The molecule has 1 N–H and O–H groups in total. The molecule has 1 saturated heterocycles. The third-order valence-corrected chi connectivity index (χ3v) is 2.99. The Bertz CT molecular complexity index is 285.